The van der Waals surface area contributed by atoms with E-state index < -0.39 is 10.8 Å². The number of nitrogens with zero attached hydrogens (tertiary/aromatic N) is 3. The van der Waals surface area contributed by atoms with Gasteiger partial charge in [-0.1, -0.05) is 36.7 Å². The number of anilines is 1. The van der Waals surface area contributed by atoms with E-state index in [4.69, 9.17) is 20.8 Å². The van der Waals surface area contributed by atoms with Crippen LogP contribution in [0.1, 0.15) is 29.9 Å². The second-order valence-electron chi connectivity index (χ2n) is 10.0. The minimum absolute atomic E-state index is 0.0689. The van der Waals surface area contributed by atoms with Gasteiger partial charge in [0.1, 0.15) is 41.8 Å². The molecular weight excluding hydrogens is 575 g/mol. The Morgan fingerprint density at radius 2 is 1.93 bits per heavy atom. The van der Waals surface area contributed by atoms with E-state index in [0.29, 0.717) is 28.9 Å². The molecule has 42 heavy (non-hydrogen) atoms. The molecule has 2 unspecified atom stereocenters. The lowest BCUT2D eigenvalue weighted by Gasteiger charge is -2.24. The SMILES string of the molecule is CCN(C)C(CS(C)=O)c1ccc(-c2ccc3ncnc(NCc4ccc(OCc5cccc(F)c5)c(Cl)c4)c3c2)o1. The molecule has 5 rings (SSSR count). The van der Waals surface area contributed by atoms with Gasteiger partial charge in [-0.25, -0.2) is 14.4 Å². The third kappa shape index (κ3) is 7.15. The quantitative estimate of drug-likeness (QED) is 0.160. The van der Waals surface area contributed by atoms with E-state index in [1.807, 2.05) is 49.5 Å². The van der Waals surface area contributed by atoms with E-state index in [-0.39, 0.29) is 18.5 Å². The second kappa shape index (κ2) is 13.5. The van der Waals surface area contributed by atoms with Gasteiger partial charge in [0.05, 0.1) is 16.6 Å². The summed E-state index contributed by atoms with van der Waals surface area (Å²) in [5.41, 5.74) is 3.36. The zero-order valence-corrected chi connectivity index (χ0v) is 25.2. The van der Waals surface area contributed by atoms with Crippen molar-refractivity contribution in [3.8, 4) is 17.1 Å². The van der Waals surface area contributed by atoms with Crippen molar-refractivity contribution in [2.75, 3.05) is 30.9 Å². The highest BCUT2D eigenvalue weighted by Gasteiger charge is 2.22. The number of furan rings is 1. The maximum atomic E-state index is 13.4. The van der Waals surface area contributed by atoms with E-state index >= 15 is 0 Å². The van der Waals surface area contributed by atoms with Crippen molar-refractivity contribution < 1.29 is 17.8 Å². The highest BCUT2D eigenvalue weighted by atomic mass is 35.5. The van der Waals surface area contributed by atoms with Crippen LogP contribution in [0.5, 0.6) is 5.75 Å². The van der Waals surface area contributed by atoms with Crippen molar-refractivity contribution in [2.24, 2.45) is 0 Å². The number of fused-ring (bicyclic) bond motifs is 1. The Bertz CT molecular complexity index is 1710. The first-order valence-electron chi connectivity index (χ1n) is 13.6. The topological polar surface area (TPSA) is 80.5 Å². The van der Waals surface area contributed by atoms with E-state index in [9.17, 15) is 8.60 Å². The monoisotopic (exact) mass is 606 g/mol. The molecule has 5 aromatic rings. The summed E-state index contributed by atoms with van der Waals surface area (Å²) in [6.45, 7) is 3.58. The van der Waals surface area contributed by atoms with Crippen molar-refractivity contribution in [1.29, 1.82) is 0 Å². The van der Waals surface area contributed by atoms with Crippen LogP contribution in [0.15, 0.2) is 83.5 Å². The normalized spacial score (nSPS) is 12.9. The highest BCUT2D eigenvalue weighted by Crippen LogP contribution is 2.32. The Kier molecular flexibility index (Phi) is 9.51. The Morgan fingerprint density at radius 1 is 1.07 bits per heavy atom. The number of halogens is 2. The third-order valence-corrected chi connectivity index (χ3v) is 8.12. The number of hydrogen-bond acceptors (Lipinski definition) is 7. The molecule has 2 heterocycles. The first kappa shape index (κ1) is 29.7. The molecule has 218 valence electrons. The predicted octanol–water partition coefficient (Wildman–Crippen LogP) is 7.24. The fourth-order valence-electron chi connectivity index (χ4n) is 4.65. The molecular formula is C32H32ClFN4O3S. The van der Waals surface area contributed by atoms with Gasteiger partial charge in [-0.2, -0.15) is 0 Å². The summed E-state index contributed by atoms with van der Waals surface area (Å²) in [5, 5.41) is 4.72. The molecule has 7 nitrogen and oxygen atoms in total. The summed E-state index contributed by atoms with van der Waals surface area (Å²) < 4.78 is 37.5. The summed E-state index contributed by atoms with van der Waals surface area (Å²) in [7, 11) is 1.04. The summed E-state index contributed by atoms with van der Waals surface area (Å²) in [5.74, 6) is 2.91. The average molecular weight is 607 g/mol. The number of aromatic nitrogens is 2. The van der Waals surface area contributed by atoms with Gasteiger partial charge >= 0.3 is 0 Å². The van der Waals surface area contributed by atoms with Crippen LogP contribution in [0.4, 0.5) is 10.2 Å². The van der Waals surface area contributed by atoms with Gasteiger partial charge in [0.15, 0.2) is 0 Å². The molecule has 0 saturated carbocycles. The predicted molar refractivity (Wildman–Crippen MR) is 167 cm³/mol. The number of nitrogens with one attached hydrogen (secondary N) is 1. The Labute approximate surface area is 252 Å². The minimum atomic E-state index is -0.961. The van der Waals surface area contributed by atoms with Crippen LogP contribution in [-0.4, -0.2) is 44.7 Å². The van der Waals surface area contributed by atoms with E-state index in [0.717, 1.165) is 45.7 Å². The molecule has 0 aliphatic rings. The molecule has 0 aliphatic carbocycles. The molecule has 1 N–H and O–H groups in total. The van der Waals surface area contributed by atoms with Crippen LogP contribution in [0, 0.1) is 5.82 Å². The van der Waals surface area contributed by atoms with Crippen molar-refractivity contribution in [1.82, 2.24) is 14.9 Å². The summed E-state index contributed by atoms with van der Waals surface area (Å²) >= 11 is 6.49. The van der Waals surface area contributed by atoms with Crippen LogP contribution < -0.4 is 10.1 Å². The van der Waals surface area contributed by atoms with Crippen LogP contribution in [-0.2, 0) is 24.0 Å². The molecule has 2 atom stereocenters. The Balaban J connectivity index is 1.31. The van der Waals surface area contributed by atoms with Crippen molar-refractivity contribution in [3.63, 3.8) is 0 Å². The fourth-order valence-corrected chi connectivity index (χ4v) is 5.77. The molecule has 3 aromatic carbocycles. The number of rotatable bonds is 12. The summed E-state index contributed by atoms with van der Waals surface area (Å²) in [6.07, 6.45) is 3.24. The fraction of sp³-hybridized carbons (Fsp3) is 0.250. The molecule has 0 fully saturated rings. The van der Waals surface area contributed by atoms with Crippen LogP contribution >= 0.6 is 11.6 Å². The first-order valence-corrected chi connectivity index (χ1v) is 15.7. The number of benzene rings is 3. The van der Waals surface area contributed by atoms with E-state index in [1.54, 1.807) is 24.5 Å². The lowest BCUT2D eigenvalue weighted by atomic mass is 10.1. The summed E-state index contributed by atoms with van der Waals surface area (Å²) in [4.78, 5) is 11.0. The van der Waals surface area contributed by atoms with E-state index in [2.05, 4.69) is 27.1 Å². The van der Waals surface area contributed by atoms with Crippen molar-refractivity contribution in [2.45, 2.75) is 26.1 Å². The molecule has 0 spiro atoms. The maximum Gasteiger partial charge on any atom is 0.138 e. The minimum Gasteiger partial charge on any atom is -0.487 e. The van der Waals surface area contributed by atoms with Crippen LogP contribution in [0.2, 0.25) is 5.02 Å². The standard InChI is InChI=1S/C32H32ClFN4O3S/c1-4-38(2)28(19-42(3)39)31-13-12-29(41-31)23-9-10-27-25(16-23)32(37-20-36-27)35-17-21-8-11-30(26(33)15-21)40-18-22-6-5-7-24(34)14-22/h5-16,20,28H,4,17-19H2,1-3H3,(H,35,36,37). The van der Waals surface area contributed by atoms with Gasteiger partial charge in [0, 0.05) is 40.3 Å². The molecule has 0 radical (unpaired) electrons. The molecule has 0 amide bonds. The number of hydrogen-bond donors (Lipinski definition) is 1. The molecule has 0 bridgehead atoms. The van der Waals surface area contributed by atoms with Gasteiger partial charge in [-0.05, 0) is 79.3 Å². The highest BCUT2D eigenvalue weighted by molar-refractivity contribution is 7.84. The Morgan fingerprint density at radius 3 is 2.69 bits per heavy atom. The first-order chi connectivity index (χ1) is 20.3. The lowest BCUT2D eigenvalue weighted by molar-refractivity contribution is 0.247. The van der Waals surface area contributed by atoms with Gasteiger partial charge in [0.25, 0.3) is 0 Å². The lowest BCUT2D eigenvalue weighted by Crippen LogP contribution is -2.28. The zero-order chi connectivity index (χ0) is 29.6. The van der Waals surface area contributed by atoms with Crippen molar-refractivity contribution in [3.05, 3.63) is 107 Å². The maximum absolute atomic E-state index is 13.4. The van der Waals surface area contributed by atoms with Crippen LogP contribution in [0.3, 0.4) is 0 Å². The Hall–Kier alpha value is -3.79. The van der Waals surface area contributed by atoms with Crippen LogP contribution in [0.25, 0.3) is 22.2 Å². The molecule has 0 aliphatic heterocycles. The number of ether oxygens (including phenoxy) is 1. The average Bonchev–Trinajstić information content (AvgIpc) is 3.48. The van der Waals surface area contributed by atoms with Crippen molar-refractivity contribution >= 4 is 39.1 Å². The van der Waals surface area contributed by atoms with E-state index in [1.165, 1.54) is 18.5 Å². The van der Waals surface area contributed by atoms with Gasteiger partial charge in [0.2, 0.25) is 0 Å². The van der Waals surface area contributed by atoms with Gasteiger partial charge < -0.3 is 14.5 Å². The molecule has 2 aromatic heterocycles. The smallest absolute Gasteiger partial charge is 0.138 e. The van der Waals surface area contributed by atoms with Gasteiger partial charge in [-0.3, -0.25) is 9.11 Å². The largest absolute Gasteiger partial charge is 0.487 e. The summed E-state index contributed by atoms with van der Waals surface area (Å²) in [6, 6.07) is 21.6. The second-order valence-corrected chi connectivity index (χ2v) is 11.9. The van der Waals surface area contributed by atoms with Gasteiger partial charge in [-0.15, -0.1) is 0 Å². The molecule has 0 saturated heterocycles. The third-order valence-electron chi connectivity index (χ3n) is 7.04. The zero-order valence-electron chi connectivity index (χ0n) is 23.6. The molecule has 10 heteroatoms.